The number of ether oxygens (including phenoxy) is 2. The minimum atomic E-state index is -0.625. The Balaban J connectivity index is 2.34. The Hall–Kier alpha value is -2.76. The van der Waals surface area contributed by atoms with E-state index in [2.05, 4.69) is 17.6 Å². The number of hydrogen-bond acceptors (Lipinski definition) is 4. The minimum absolute atomic E-state index is 0.182. The fourth-order valence-electron chi connectivity index (χ4n) is 2.67. The van der Waals surface area contributed by atoms with Gasteiger partial charge in [0.05, 0.1) is 18.2 Å². The molecule has 26 heavy (non-hydrogen) atoms. The molecule has 0 aromatic heterocycles. The summed E-state index contributed by atoms with van der Waals surface area (Å²) in [5.41, 5.74) is 1.59. The van der Waals surface area contributed by atoms with Crippen molar-refractivity contribution < 1.29 is 19.1 Å². The lowest BCUT2D eigenvalue weighted by atomic mass is 9.95. The third-order valence-electron chi connectivity index (χ3n) is 4.02. The fraction of sp³-hybridized carbons (Fsp3) is 0.400. The number of benzene rings is 1. The van der Waals surface area contributed by atoms with Crippen molar-refractivity contribution in [1.29, 1.82) is 0 Å². The summed E-state index contributed by atoms with van der Waals surface area (Å²) in [6, 6.07) is 6.43. The third kappa shape index (κ3) is 4.88. The lowest BCUT2D eigenvalue weighted by Gasteiger charge is -2.29. The van der Waals surface area contributed by atoms with Crippen LogP contribution in [0.5, 0.6) is 5.75 Å². The highest BCUT2D eigenvalue weighted by atomic mass is 16.5. The molecule has 6 heteroatoms. The zero-order chi connectivity index (χ0) is 18.9. The molecule has 2 N–H and O–H groups in total. The number of carbonyl (C=O) groups excluding carboxylic acids is 2. The molecule has 1 aliphatic rings. The quantitative estimate of drug-likeness (QED) is 0.423. The topological polar surface area (TPSA) is 76.7 Å². The monoisotopic (exact) mass is 358 g/mol. The summed E-state index contributed by atoms with van der Waals surface area (Å²) in [5, 5.41) is 5.45. The normalized spacial score (nSPS) is 17.0. The van der Waals surface area contributed by atoms with Gasteiger partial charge in [0.15, 0.2) is 0 Å². The smallest absolute Gasteiger partial charge is 0.338 e. The Bertz CT molecular complexity index is 710. The van der Waals surface area contributed by atoms with Gasteiger partial charge in [-0.15, -0.1) is 0 Å². The molecule has 0 unspecified atom stereocenters. The second-order valence-electron chi connectivity index (χ2n) is 5.98. The number of unbranched alkanes of at least 4 members (excludes halogenated alkanes) is 1. The lowest BCUT2D eigenvalue weighted by molar-refractivity contribution is -0.138. The van der Waals surface area contributed by atoms with Crippen LogP contribution in [-0.4, -0.2) is 25.2 Å². The highest BCUT2D eigenvalue weighted by molar-refractivity contribution is 5.95. The van der Waals surface area contributed by atoms with E-state index in [1.807, 2.05) is 37.3 Å². The maximum atomic E-state index is 12.6. The molecule has 1 aromatic carbocycles. The largest absolute Gasteiger partial charge is 0.493 e. The number of esters is 1. The molecule has 1 heterocycles. The van der Waals surface area contributed by atoms with Gasteiger partial charge in [-0.2, -0.15) is 0 Å². The van der Waals surface area contributed by atoms with Gasteiger partial charge in [0.1, 0.15) is 12.4 Å². The Morgan fingerprint density at radius 3 is 2.81 bits per heavy atom. The van der Waals surface area contributed by atoms with Crippen LogP contribution >= 0.6 is 0 Å². The van der Waals surface area contributed by atoms with Crippen molar-refractivity contribution >= 4 is 12.0 Å². The Kier molecular flexibility index (Phi) is 7.26. The Morgan fingerprint density at radius 2 is 2.08 bits per heavy atom. The predicted molar refractivity (Wildman–Crippen MR) is 99.7 cm³/mol. The van der Waals surface area contributed by atoms with Gasteiger partial charge < -0.3 is 20.1 Å². The molecule has 0 saturated heterocycles. The van der Waals surface area contributed by atoms with Crippen molar-refractivity contribution in [3.05, 3.63) is 53.3 Å². The first-order chi connectivity index (χ1) is 12.6. The first-order valence-electron chi connectivity index (χ1n) is 8.86. The van der Waals surface area contributed by atoms with E-state index in [0.717, 1.165) is 18.4 Å². The zero-order valence-corrected chi connectivity index (χ0v) is 15.5. The number of para-hydroxylation sites is 1. The van der Waals surface area contributed by atoms with Gasteiger partial charge in [0.2, 0.25) is 0 Å². The van der Waals surface area contributed by atoms with Gasteiger partial charge in [-0.25, -0.2) is 9.59 Å². The number of urea groups is 1. The molecule has 0 radical (unpaired) electrons. The second kappa shape index (κ2) is 9.65. The molecule has 0 fully saturated rings. The van der Waals surface area contributed by atoms with Crippen molar-refractivity contribution in [2.45, 2.75) is 39.7 Å². The molecule has 0 saturated carbocycles. The van der Waals surface area contributed by atoms with Crippen molar-refractivity contribution in [3.8, 4) is 5.75 Å². The number of carbonyl (C=O) groups is 2. The third-order valence-corrected chi connectivity index (χ3v) is 4.02. The molecule has 0 spiro atoms. The number of allylic oxidation sites excluding steroid dienone is 2. The summed E-state index contributed by atoms with van der Waals surface area (Å²) in [5.74, 6) is 0.182. The van der Waals surface area contributed by atoms with E-state index >= 15 is 0 Å². The fourth-order valence-corrected chi connectivity index (χ4v) is 2.67. The van der Waals surface area contributed by atoms with E-state index in [0.29, 0.717) is 23.6 Å². The van der Waals surface area contributed by atoms with Crippen LogP contribution in [0.2, 0.25) is 0 Å². The Morgan fingerprint density at radius 1 is 1.31 bits per heavy atom. The van der Waals surface area contributed by atoms with Gasteiger partial charge in [0.25, 0.3) is 0 Å². The molecule has 1 atom stereocenters. The van der Waals surface area contributed by atoms with E-state index in [4.69, 9.17) is 9.47 Å². The molecule has 1 aliphatic heterocycles. The molecular weight excluding hydrogens is 332 g/mol. The van der Waals surface area contributed by atoms with Gasteiger partial charge in [-0.05, 0) is 26.3 Å². The summed E-state index contributed by atoms with van der Waals surface area (Å²) in [6.07, 6.45) is 5.51. The van der Waals surface area contributed by atoms with Crippen molar-refractivity contribution in [1.82, 2.24) is 10.6 Å². The highest BCUT2D eigenvalue weighted by Crippen LogP contribution is 2.33. The van der Waals surface area contributed by atoms with Crippen LogP contribution in [0.4, 0.5) is 4.79 Å². The van der Waals surface area contributed by atoms with Gasteiger partial charge in [-0.1, -0.05) is 43.7 Å². The van der Waals surface area contributed by atoms with Crippen LogP contribution in [0.15, 0.2) is 47.7 Å². The van der Waals surface area contributed by atoms with E-state index in [1.54, 1.807) is 13.0 Å². The first-order valence-corrected chi connectivity index (χ1v) is 8.86. The summed E-state index contributed by atoms with van der Waals surface area (Å²) < 4.78 is 11.2. The summed E-state index contributed by atoms with van der Waals surface area (Å²) >= 11 is 0. The van der Waals surface area contributed by atoms with Gasteiger partial charge >= 0.3 is 12.0 Å². The zero-order valence-electron chi connectivity index (χ0n) is 15.5. The van der Waals surface area contributed by atoms with E-state index in [-0.39, 0.29) is 12.6 Å². The van der Waals surface area contributed by atoms with Crippen LogP contribution < -0.4 is 15.4 Å². The van der Waals surface area contributed by atoms with Gasteiger partial charge in [0, 0.05) is 11.3 Å². The van der Waals surface area contributed by atoms with E-state index < -0.39 is 12.0 Å². The second-order valence-corrected chi connectivity index (χ2v) is 5.98. The van der Waals surface area contributed by atoms with Crippen LogP contribution in [-0.2, 0) is 9.53 Å². The van der Waals surface area contributed by atoms with Crippen molar-refractivity contribution in [3.63, 3.8) is 0 Å². The average Bonchev–Trinajstić information content (AvgIpc) is 2.62. The molecule has 0 bridgehead atoms. The molecule has 0 aliphatic carbocycles. The van der Waals surface area contributed by atoms with Crippen molar-refractivity contribution in [2.75, 3.05) is 13.2 Å². The van der Waals surface area contributed by atoms with Crippen molar-refractivity contribution in [2.24, 2.45) is 0 Å². The number of amides is 2. The van der Waals surface area contributed by atoms with Gasteiger partial charge in [-0.3, -0.25) is 0 Å². The summed E-state index contributed by atoms with van der Waals surface area (Å²) in [4.78, 5) is 24.6. The first kappa shape index (κ1) is 19.6. The van der Waals surface area contributed by atoms with Crippen LogP contribution in [0.25, 0.3) is 0 Å². The maximum Gasteiger partial charge on any atom is 0.338 e. The molecule has 2 amide bonds. The highest BCUT2D eigenvalue weighted by Gasteiger charge is 2.33. The lowest BCUT2D eigenvalue weighted by Crippen LogP contribution is -2.45. The molecule has 1 aromatic rings. The van der Waals surface area contributed by atoms with Crippen LogP contribution in [0, 0.1) is 0 Å². The number of rotatable bonds is 8. The summed E-state index contributed by atoms with van der Waals surface area (Å²) in [6.45, 7) is 6.40. The Labute approximate surface area is 154 Å². The van der Waals surface area contributed by atoms with E-state index in [9.17, 15) is 9.59 Å². The summed E-state index contributed by atoms with van der Waals surface area (Å²) in [7, 11) is 0. The number of nitrogens with one attached hydrogen (secondary N) is 2. The van der Waals surface area contributed by atoms with E-state index in [1.165, 1.54) is 0 Å². The average molecular weight is 358 g/mol. The SMILES string of the molecule is C/C=C/COC(=O)C1=C(C)NC(=O)N[C@@H]1c1ccccc1OCCCC. The van der Waals surface area contributed by atoms with Crippen LogP contribution in [0.1, 0.15) is 45.2 Å². The molecule has 140 valence electrons. The standard InChI is InChI=1S/C20H26N2O4/c1-4-6-12-25-16-11-9-8-10-15(16)18-17(14(3)21-20(24)22-18)19(23)26-13-7-5-2/h5,7-11,18H,4,6,12-13H2,1-3H3,(H2,21,22,24)/b7-5+/t18-/m1/s1. The maximum absolute atomic E-state index is 12.6. The molecular formula is C20H26N2O4. The minimum Gasteiger partial charge on any atom is -0.493 e. The molecule has 6 nitrogen and oxygen atoms in total. The molecule has 2 rings (SSSR count). The predicted octanol–water partition coefficient (Wildman–Crippen LogP) is 3.61. The number of hydrogen-bond donors (Lipinski definition) is 2. The van der Waals surface area contributed by atoms with Crippen LogP contribution in [0.3, 0.4) is 0 Å².